The highest BCUT2D eigenvalue weighted by atomic mass is 35.5. The Bertz CT molecular complexity index is 788. The molecule has 1 amide bonds. The first kappa shape index (κ1) is 19.4. The predicted molar refractivity (Wildman–Crippen MR) is 100 cm³/mol. The average Bonchev–Trinajstić information content (AvgIpc) is 2.66. The zero-order chi connectivity index (χ0) is 19.4. The Labute approximate surface area is 160 Å². The van der Waals surface area contributed by atoms with Crippen LogP contribution >= 0.6 is 11.6 Å². The Kier molecular flexibility index (Phi) is 5.79. The van der Waals surface area contributed by atoms with E-state index in [2.05, 4.69) is 10.2 Å². The molecule has 8 heteroatoms. The second kappa shape index (κ2) is 8.08. The van der Waals surface area contributed by atoms with E-state index in [4.69, 9.17) is 11.6 Å². The highest BCUT2D eigenvalue weighted by Gasteiger charge is 2.30. The van der Waals surface area contributed by atoms with Gasteiger partial charge in [0.1, 0.15) is 0 Å². The molecule has 0 aromatic heterocycles. The second-order valence-electron chi connectivity index (χ2n) is 6.28. The van der Waals surface area contributed by atoms with Crippen LogP contribution in [-0.2, 0) is 11.0 Å². The first-order valence-electron chi connectivity index (χ1n) is 8.52. The summed E-state index contributed by atoms with van der Waals surface area (Å²) in [6, 6.07) is 12.2. The van der Waals surface area contributed by atoms with Gasteiger partial charge in [0.05, 0.1) is 12.1 Å². The molecule has 3 rings (SSSR count). The molecule has 1 N–H and O–H groups in total. The van der Waals surface area contributed by atoms with E-state index in [1.165, 1.54) is 12.1 Å². The normalized spacial score (nSPS) is 15.0. The van der Waals surface area contributed by atoms with Crippen molar-refractivity contribution in [2.75, 3.05) is 42.9 Å². The van der Waals surface area contributed by atoms with Crippen molar-refractivity contribution in [1.82, 2.24) is 4.90 Å². The van der Waals surface area contributed by atoms with Crippen LogP contribution in [0.5, 0.6) is 0 Å². The first-order chi connectivity index (χ1) is 12.8. The Morgan fingerprint density at radius 1 is 1.04 bits per heavy atom. The van der Waals surface area contributed by atoms with Crippen molar-refractivity contribution in [3.8, 4) is 0 Å². The quantitative estimate of drug-likeness (QED) is 0.843. The summed E-state index contributed by atoms with van der Waals surface area (Å²) < 4.78 is 37.7. The van der Waals surface area contributed by atoms with Gasteiger partial charge in [-0.05, 0) is 42.5 Å². The van der Waals surface area contributed by atoms with Gasteiger partial charge in [-0.1, -0.05) is 17.7 Å². The van der Waals surface area contributed by atoms with Crippen LogP contribution < -0.4 is 10.2 Å². The summed E-state index contributed by atoms with van der Waals surface area (Å²) in [6.07, 6.45) is -4.36. The Morgan fingerprint density at radius 3 is 2.30 bits per heavy atom. The molecule has 2 aromatic rings. The molecule has 0 spiro atoms. The van der Waals surface area contributed by atoms with Crippen LogP contribution in [0.3, 0.4) is 0 Å². The van der Waals surface area contributed by atoms with Crippen molar-refractivity contribution in [3.05, 3.63) is 59.1 Å². The van der Waals surface area contributed by atoms with Crippen LogP contribution in [0, 0.1) is 0 Å². The molecule has 0 unspecified atom stereocenters. The molecule has 0 bridgehead atoms. The maximum absolute atomic E-state index is 12.6. The van der Waals surface area contributed by atoms with Crippen molar-refractivity contribution in [1.29, 1.82) is 0 Å². The summed E-state index contributed by atoms with van der Waals surface area (Å²) in [4.78, 5) is 16.3. The molecule has 1 heterocycles. The fourth-order valence-corrected chi connectivity index (χ4v) is 3.14. The smallest absolute Gasteiger partial charge is 0.376 e. The van der Waals surface area contributed by atoms with Gasteiger partial charge in [-0.15, -0.1) is 0 Å². The molecule has 0 saturated carbocycles. The minimum Gasteiger partial charge on any atom is -0.376 e. The van der Waals surface area contributed by atoms with Crippen LogP contribution in [0.4, 0.5) is 24.5 Å². The van der Waals surface area contributed by atoms with Gasteiger partial charge in [0.25, 0.3) is 0 Å². The molecule has 1 saturated heterocycles. The number of alkyl halides is 3. The van der Waals surface area contributed by atoms with E-state index in [0.717, 1.165) is 17.8 Å². The van der Waals surface area contributed by atoms with Crippen LogP contribution in [0.2, 0.25) is 5.02 Å². The third-order valence-electron chi connectivity index (χ3n) is 4.46. The van der Waals surface area contributed by atoms with Gasteiger partial charge in [-0.3, -0.25) is 4.79 Å². The lowest BCUT2D eigenvalue weighted by molar-refractivity contribution is -0.137. The number of halogens is 4. The van der Waals surface area contributed by atoms with Gasteiger partial charge in [0.15, 0.2) is 0 Å². The Morgan fingerprint density at radius 2 is 1.70 bits per heavy atom. The number of anilines is 2. The summed E-state index contributed by atoms with van der Waals surface area (Å²) in [7, 11) is 0. The molecule has 1 aliphatic heterocycles. The van der Waals surface area contributed by atoms with Crippen molar-refractivity contribution < 1.29 is 18.0 Å². The highest BCUT2D eigenvalue weighted by molar-refractivity contribution is 6.30. The van der Waals surface area contributed by atoms with Crippen LogP contribution in [0.15, 0.2) is 48.5 Å². The second-order valence-corrected chi connectivity index (χ2v) is 6.71. The van der Waals surface area contributed by atoms with E-state index in [1.807, 2.05) is 24.3 Å². The molecular formula is C19H19ClF3N3O. The SMILES string of the molecule is O=C(CNc1ccc(C(F)(F)F)cc1)N1CCN(c2cccc(Cl)c2)CC1. The zero-order valence-electron chi connectivity index (χ0n) is 14.5. The molecule has 2 aromatic carbocycles. The molecule has 27 heavy (non-hydrogen) atoms. The van der Waals surface area contributed by atoms with E-state index in [-0.39, 0.29) is 12.5 Å². The number of carbonyl (C=O) groups excluding carboxylic acids is 1. The maximum Gasteiger partial charge on any atom is 0.416 e. The number of piperazine rings is 1. The molecule has 144 valence electrons. The number of carbonyl (C=O) groups is 1. The number of hydrogen-bond donors (Lipinski definition) is 1. The summed E-state index contributed by atoms with van der Waals surface area (Å²) in [6.45, 7) is 2.61. The number of benzene rings is 2. The Balaban J connectivity index is 1.48. The largest absolute Gasteiger partial charge is 0.416 e. The van der Waals surface area contributed by atoms with Gasteiger partial charge in [-0.2, -0.15) is 13.2 Å². The lowest BCUT2D eigenvalue weighted by Gasteiger charge is -2.36. The van der Waals surface area contributed by atoms with Gasteiger partial charge in [0, 0.05) is 42.6 Å². The number of hydrogen-bond acceptors (Lipinski definition) is 3. The summed E-state index contributed by atoms with van der Waals surface area (Å²) >= 11 is 6.02. The fraction of sp³-hybridized carbons (Fsp3) is 0.316. The molecule has 0 radical (unpaired) electrons. The van der Waals surface area contributed by atoms with E-state index in [0.29, 0.717) is 36.9 Å². The summed E-state index contributed by atoms with van der Waals surface area (Å²) in [5, 5.41) is 3.55. The zero-order valence-corrected chi connectivity index (χ0v) is 15.2. The number of nitrogens with one attached hydrogen (secondary N) is 1. The third-order valence-corrected chi connectivity index (χ3v) is 4.70. The maximum atomic E-state index is 12.6. The van der Waals surface area contributed by atoms with Crippen molar-refractivity contribution in [2.45, 2.75) is 6.18 Å². The van der Waals surface area contributed by atoms with Crippen LogP contribution in [0.25, 0.3) is 0 Å². The van der Waals surface area contributed by atoms with E-state index >= 15 is 0 Å². The molecule has 0 aliphatic carbocycles. The molecule has 0 atom stereocenters. The Hall–Kier alpha value is -2.41. The summed E-state index contributed by atoms with van der Waals surface area (Å²) in [5.41, 5.74) is 0.794. The molecule has 1 aliphatic rings. The third kappa shape index (κ3) is 5.07. The molecular weight excluding hydrogens is 379 g/mol. The molecule has 1 fully saturated rings. The molecule has 4 nitrogen and oxygen atoms in total. The number of nitrogens with zero attached hydrogens (tertiary/aromatic N) is 2. The van der Waals surface area contributed by atoms with E-state index in [1.54, 1.807) is 4.90 Å². The first-order valence-corrected chi connectivity index (χ1v) is 8.90. The van der Waals surface area contributed by atoms with Crippen molar-refractivity contribution in [3.63, 3.8) is 0 Å². The predicted octanol–water partition coefficient (Wildman–Crippen LogP) is 4.12. The monoisotopic (exact) mass is 397 g/mol. The van der Waals surface area contributed by atoms with Crippen molar-refractivity contribution in [2.24, 2.45) is 0 Å². The van der Waals surface area contributed by atoms with Gasteiger partial charge < -0.3 is 15.1 Å². The standard InChI is InChI=1S/C19H19ClF3N3O/c20-15-2-1-3-17(12-15)25-8-10-26(11-9-25)18(27)13-24-16-6-4-14(5-7-16)19(21,22)23/h1-7,12,24H,8-11,13H2. The summed E-state index contributed by atoms with van der Waals surface area (Å²) in [5.74, 6) is -0.0827. The van der Waals surface area contributed by atoms with Crippen LogP contribution in [0.1, 0.15) is 5.56 Å². The van der Waals surface area contributed by atoms with Crippen molar-refractivity contribution >= 4 is 28.9 Å². The topological polar surface area (TPSA) is 35.6 Å². The average molecular weight is 398 g/mol. The lowest BCUT2D eigenvalue weighted by Crippen LogP contribution is -2.50. The van der Waals surface area contributed by atoms with E-state index < -0.39 is 11.7 Å². The van der Waals surface area contributed by atoms with Gasteiger partial charge in [-0.25, -0.2) is 0 Å². The number of rotatable bonds is 4. The van der Waals surface area contributed by atoms with Crippen LogP contribution in [-0.4, -0.2) is 43.5 Å². The van der Waals surface area contributed by atoms with E-state index in [9.17, 15) is 18.0 Å². The number of amides is 1. The highest BCUT2D eigenvalue weighted by Crippen LogP contribution is 2.29. The minimum atomic E-state index is -4.36. The minimum absolute atomic E-state index is 0.0442. The fourth-order valence-electron chi connectivity index (χ4n) is 2.95. The van der Waals surface area contributed by atoms with Gasteiger partial charge >= 0.3 is 6.18 Å². The van der Waals surface area contributed by atoms with Gasteiger partial charge in [0.2, 0.25) is 5.91 Å². The lowest BCUT2D eigenvalue weighted by atomic mass is 10.2.